The summed E-state index contributed by atoms with van der Waals surface area (Å²) in [5.74, 6) is 0.769. The number of nitrogens with zero attached hydrogens (tertiary/aromatic N) is 3. The zero-order chi connectivity index (χ0) is 25.3. The average Bonchev–Trinajstić information content (AvgIpc) is 3.30. The van der Waals surface area contributed by atoms with Gasteiger partial charge in [0.2, 0.25) is 5.91 Å². The van der Waals surface area contributed by atoms with Gasteiger partial charge in [-0.3, -0.25) is 9.36 Å². The molecule has 0 saturated heterocycles. The normalized spacial score (nSPS) is 10.6. The molecule has 0 radical (unpaired) electrons. The second-order valence-electron chi connectivity index (χ2n) is 7.45. The Morgan fingerprint density at radius 3 is 2.39 bits per heavy atom. The summed E-state index contributed by atoms with van der Waals surface area (Å²) in [6, 6.07) is 23.2. The lowest BCUT2D eigenvalue weighted by atomic mass is 10.2. The molecule has 0 atom stereocenters. The number of anilines is 1. The maximum atomic E-state index is 12.6. The van der Waals surface area contributed by atoms with Crippen LogP contribution in [0.4, 0.5) is 5.69 Å². The predicted octanol–water partition coefficient (Wildman–Crippen LogP) is 5.41. The first-order chi connectivity index (χ1) is 17.5. The summed E-state index contributed by atoms with van der Waals surface area (Å²) >= 11 is 7.31. The van der Waals surface area contributed by atoms with Crippen LogP contribution in [0.1, 0.15) is 23.1 Å². The number of ether oxygens (including phenoxy) is 2. The Morgan fingerprint density at radius 1 is 0.972 bits per heavy atom. The SMILES string of the molecule is CCOC(=O)c1ccc(NC(=O)CSc2nnc(COc3ccccc3)n2-c2ccc(Cl)cc2)cc1. The zero-order valence-corrected chi connectivity index (χ0v) is 21.0. The van der Waals surface area contributed by atoms with Crippen LogP contribution in [-0.2, 0) is 16.1 Å². The lowest BCUT2D eigenvalue weighted by molar-refractivity contribution is -0.113. The minimum absolute atomic E-state index is 0.102. The molecular weight excluding hydrogens is 500 g/mol. The van der Waals surface area contributed by atoms with Crippen LogP contribution in [0.2, 0.25) is 5.02 Å². The van der Waals surface area contributed by atoms with Crippen molar-refractivity contribution in [2.75, 3.05) is 17.7 Å². The fraction of sp³-hybridized carbons (Fsp3) is 0.154. The molecule has 0 aliphatic heterocycles. The van der Waals surface area contributed by atoms with Crippen LogP contribution in [0, 0.1) is 0 Å². The van der Waals surface area contributed by atoms with Gasteiger partial charge < -0.3 is 14.8 Å². The van der Waals surface area contributed by atoms with Crippen molar-refractivity contribution in [2.24, 2.45) is 0 Å². The number of rotatable bonds is 10. The molecule has 4 rings (SSSR count). The highest BCUT2D eigenvalue weighted by Crippen LogP contribution is 2.24. The van der Waals surface area contributed by atoms with E-state index in [-0.39, 0.29) is 18.3 Å². The summed E-state index contributed by atoms with van der Waals surface area (Å²) in [4.78, 5) is 24.4. The number of carbonyl (C=O) groups excluding carboxylic acids is 2. The van der Waals surface area contributed by atoms with E-state index in [1.165, 1.54) is 11.8 Å². The van der Waals surface area contributed by atoms with Gasteiger partial charge in [-0.05, 0) is 67.6 Å². The van der Waals surface area contributed by atoms with E-state index >= 15 is 0 Å². The van der Waals surface area contributed by atoms with Gasteiger partial charge in [-0.15, -0.1) is 10.2 Å². The van der Waals surface area contributed by atoms with Gasteiger partial charge in [-0.2, -0.15) is 0 Å². The number of nitrogens with one attached hydrogen (secondary N) is 1. The molecule has 184 valence electrons. The van der Waals surface area contributed by atoms with Crippen LogP contribution in [0.3, 0.4) is 0 Å². The van der Waals surface area contributed by atoms with Crippen molar-refractivity contribution < 1.29 is 19.1 Å². The molecule has 1 N–H and O–H groups in total. The zero-order valence-electron chi connectivity index (χ0n) is 19.4. The van der Waals surface area contributed by atoms with Crippen LogP contribution >= 0.6 is 23.4 Å². The van der Waals surface area contributed by atoms with Crippen molar-refractivity contribution in [3.05, 3.63) is 95.3 Å². The van der Waals surface area contributed by atoms with Crippen LogP contribution in [0.5, 0.6) is 5.75 Å². The number of aromatic nitrogens is 3. The van der Waals surface area contributed by atoms with E-state index in [9.17, 15) is 9.59 Å². The molecule has 8 nitrogen and oxygen atoms in total. The van der Waals surface area contributed by atoms with Crippen molar-refractivity contribution in [1.29, 1.82) is 0 Å². The van der Waals surface area contributed by atoms with E-state index in [0.29, 0.717) is 39.6 Å². The van der Waals surface area contributed by atoms with Crippen LogP contribution < -0.4 is 10.1 Å². The summed E-state index contributed by atoms with van der Waals surface area (Å²) in [6.45, 7) is 2.24. The number of thioether (sulfide) groups is 1. The maximum absolute atomic E-state index is 12.6. The van der Waals surface area contributed by atoms with E-state index in [0.717, 1.165) is 5.69 Å². The molecule has 4 aromatic rings. The third kappa shape index (κ3) is 6.65. The second-order valence-corrected chi connectivity index (χ2v) is 8.83. The number of amides is 1. The highest BCUT2D eigenvalue weighted by Gasteiger charge is 2.17. The second kappa shape index (κ2) is 12.2. The molecule has 36 heavy (non-hydrogen) atoms. The van der Waals surface area contributed by atoms with Gasteiger partial charge in [0.15, 0.2) is 11.0 Å². The molecule has 1 heterocycles. The molecule has 1 amide bonds. The molecule has 0 unspecified atom stereocenters. The molecule has 10 heteroatoms. The maximum Gasteiger partial charge on any atom is 0.338 e. The Balaban J connectivity index is 1.44. The monoisotopic (exact) mass is 522 g/mol. The lowest BCUT2D eigenvalue weighted by Gasteiger charge is -2.11. The van der Waals surface area contributed by atoms with E-state index in [2.05, 4.69) is 15.5 Å². The molecule has 1 aromatic heterocycles. The topological polar surface area (TPSA) is 95.3 Å². The van der Waals surface area contributed by atoms with E-state index in [1.54, 1.807) is 43.3 Å². The van der Waals surface area contributed by atoms with Crippen molar-refractivity contribution in [1.82, 2.24) is 14.8 Å². The van der Waals surface area contributed by atoms with Crippen molar-refractivity contribution in [3.63, 3.8) is 0 Å². The highest BCUT2D eigenvalue weighted by molar-refractivity contribution is 7.99. The Labute approximate surface area is 217 Å². The summed E-state index contributed by atoms with van der Waals surface area (Å²) in [5.41, 5.74) is 1.80. The first-order valence-corrected chi connectivity index (χ1v) is 12.5. The molecule has 0 aliphatic rings. The van der Waals surface area contributed by atoms with Crippen molar-refractivity contribution >= 4 is 40.9 Å². The number of esters is 1. The fourth-order valence-corrected chi connectivity index (χ4v) is 4.13. The van der Waals surface area contributed by atoms with Crippen molar-refractivity contribution in [2.45, 2.75) is 18.7 Å². The molecule has 0 fully saturated rings. The molecular formula is C26H23ClN4O4S. The number of benzene rings is 3. The van der Waals surface area contributed by atoms with Crippen LogP contribution in [-0.4, -0.2) is 39.0 Å². The molecule has 0 saturated carbocycles. The van der Waals surface area contributed by atoms with Gasteiger partial charge in [0.25, 0.3) is 0 Å². The van der Waals surface area contributed by atoms with Gasteiger partial charge in [-0.1, -0.05) is 41.6 Å². The molecule has 0 aliphatic carbocycles. The summed E-state index contributed by atoms with van der Waals surface area (Å²) < 4.78 is 12.7. The summed E-state index contributed by atoms with van der Waals surface area (Å²) in [6.07, 6.45) is 0. The molecule has 0 spiro atoms. The van der Waals surface area contributed by atoms with Crippen molar-refractivity contribution in [3.8, 4) is 11.4 Å². The van der Waals surface area contributed by atoms with Gasteiger partial charge in [0.05, 0.1) is 17.9 Å². The number of hydrogen-bond acceptors (Lipinski definition) is 7. The van der Waals surface area contributed by atoms with E-state index in [1.807, 2.05) is 47.0 Å². The highest BCUT2D eigenvalue weighted by atomic mass is 35.5. The quantitative estimate of drug-likeness (QED) is 0.220. The Hall–Kier alpha value is -3.82. The standard InChI is InChI=1S/C26H23ClN4O4S/c1-2-34-25(33)18-8-12-20(13-9-18)28-24(32)17-36-26-30-29-23(16-35-22-6-4-3-5-7-22)31(26)21-14-10-19(27)11-15-21/h3-15H,2,16-17H2,1H3,(H,28,32). The summed E-state index contributed by atoms with van der Waals surface area (Å²) in [5, 5.41) is 12.5. The number of para-hydroxylation sites is 1. The third-order valence-electron chi connectivity index (χ3n) is 4.91. The Morgan fingerprint density at radius 2 is 1.69 bits per heavy atom. The summed E-state index contributed by atoms with van der Waals surface area (Å²) in [7, 11) is 0. The minimum Gasteiger partial charge on any atom is -0.486 e. The fourth-order valence-electron chi connectivity index (χ4n) is 3.23. The average molecular weight is 523 g/mol. The number of halogens is 1. The first kappa shape index (κ1) is 25.3. The van der Waals surface area contributed by atoms with E-state index < -0.39 is 5.97 Å². The minimum atomic E-state index is -0.403. The van der Waals surface area contributed by atoms with Crippen LogP contribution in [0.15, 0.2) is 84.0 Å². The Kier molecular flexibility index (Phi) is 8.59. The predicted molar refractivity (Wildman–Crippen MR) is 139 cm³/mol. The first-order valence-electron chi connectivity index (χ1n) is 11.1. The smallest absolute Gasteiger partial charge is 0.338 e. The lowest BCUT2D eigenvalue weighted by Crippen LogP contribution is -2.15. The van der Waals surface area contributed by atoms with Gasteiger partial charge >= 0.3 is 5.97 Å². The van der Waals surface area contributed by atoms with Gasteiger partial charge in [0, 0.05) is 16.4 Å². The van der Waals surface area contributed by atoms with Gasteiger partial charge in [-0.25, -0.2) is 4.79 Å². The number of hydrogen-bond donors (Lipinski definition) is 1. The third-order valence-corrected chi connectivity index (χ3v) is 6.09. The van der Waals surface area contributed by atoms with Gasteiger partial charge in [0.1, 0.15) is 12.4 Å². The molecule has 3 aromatic carbocycles. The largest absolute Gasteiger partial charge is 0.486 e. The van der Waals surface area contributed by atoms with Crippen LogP contribution in [0.25, 0.3) is 5.69 Å². The number of carbonyl (C=O) groups is 2. The Bertz CT molecular complexity index is 1310. The molecule has 0 bridgehead atoms. The van der Waals surface area contributed by atoms with E-state index in [4.69, 9.17) is 21.1 Å².